The van der Waals surface area contributed by atoms with Crippen molar-refractivity contribution in [2.45, 2.75) is 44.1 Å². The number of β-amino-alcohol motifs (C(OH)–C–C–N with tert-alkyl or cyclic N) is 1. The molecule has 33 heavy (non-hydrogen) atoms. The molecule has 1 aromatic carbocycles. The number of halogens is 4. The van der Waals surface area contributed by atoms with Gasteiger partial charge in [0, 0.05) is 48.5 Å². The second-order valence-corrected chi connectivity index (χ2v) is 8.95. The molecule has 1 aromatic heterocycles. The lowest BCUT2D eigenvalue weighted by atomic mass is 10.0. The van der Waals surface area contributed by atoms with Crippen LogP contribution in [0.15, 0.2) is 30.3 Å². The Kier molecular flexibility index (Phi) is 6.78. The number of hydrogen-bond donors (Lipinski definition) is 2. The van der Waals surface area contributed by atoms with Crippen LogP contribution in [0.5, 0.6) is 0 Å². The molecule has 2 aliphatic rings. The molecular weight excluding hydrogens is 459 g/mol. The maximum atomic E-state index is 13.1. The van der Waals surface area contributed by atoms with Gasteiger partial charge in [-0.05, 0) is 50.1 Å². The van der Waals surface area contributed by atoms with Crippen LogP contribution in [0.4, 0.5) is 19.1 Å². The summed E-state index contributed by atoms with van der Waals surface area (Å²) in [5, 5.41) is 14.5. The highest BCUT2D eigenvalue weighted by Crippen LogP contribution is 2.30. The van der Waals surface area contributed by atoms with Crippen LogP contribution in [0.3, 0.4) is 0 Å². The maximum Gasteiger partial charge on any atom is 0.433 e. The van der Waals surface area contributed by atoms with E-state index >= 15 is 0 Å². The van der Waals surface area contributed by atoms with Crippen LogP contribution in [0.2, 0.25) is 5.02 Å². The molecule has 0 radical (unpaired) electrons. The summed E-state index contributed by atoms with van der Waals surface area (Å²) >= 11 is 5.88. The average Bonchev–Trinajstić information content (AvgIpc) is 3.13. The number of hydrogen-bond acceptors (Lipinski definition) is 6. The predicted molar refractivity (Wildman–Crippen MR) is 117 cm³/mol. The van der Waals surface area contributed by atoms with Crippen LogP contribution in [-0.2, 0) is 6.18 Å². The van der Waals surface area contributed by atoms with Gasteiger partial charge in [-0.2, -0.15) is 13.2 Å². The highest BCUT2D eigenvalue weighted by Gasteiger charge is 2.38. The van der Waals surface area contributed by atoms with Gasteiger partial charge in [-0.15, -0.1) is 0 Å². The van der Waals surface area contributed by atoms with Crippen molar-refractivity contribution in [1.29, 1.82) is 0 Å². The van der Waals surface area contributed by atoms with E-state index in [0.29, 0.717) is 43.1 Å². The van der Waals surface area contributed by atoms with Crippen molar-refractivity contribution in [3.63, 3.8) is 0 Å². The first-order chi connectivity index (χ1) is 15.6. The Bertz CT molecular complexity index is 997. The van der Waals surface area contributed by atoms with Crippen molar-refractivity contribution < 1.29 is 23.1 Å². The maximum absolute atomic E-state index is 13.1. The molecule has 2 aliphatic heterocycles. The Morgan fingerprint density at radius 3 is 2.45 bits per heavy atom. The molecule has 0 bridgehead atoms. The van der Waals surface area contributed by atoms with Crippen LogP contribution in [0.1, 0.15) is 34.6 Å². The molecule has 2 fully saturated rings. The van der Waals surface area contributed by atoms with Crippen LogP contribution in [0.25, 0.3) is 0 Å². The van der Waals surface area contributed by atoms with Gasteiger partial charge < -0.3 is 20.2 Å². The molecule has 3 heterocycles. The van der Waals surface area contributed by atoms with Crippen molar-refractivity contribution in [2.24, 2.45) is 0 Å². The van der Waals surface area contributed by atoms with Gasteiger partial charge in [0.15, 0.2) is 0 Å². The average molecular weight is 484 g/mol. The number of nitrogens with one attached hydrogen (secondary N) is 1. The number of nitrogens with zero attached hydrogens (tertiary/aromatic N) is 4. The molecule has 2 aromatic rings. The SMILES string of the molecule is Cc1cc(C(F)(F)F)nc(N2CC(NC3CCN(C(=O)c4ccc(Cl)cc4)CC3)[C@H](O)C2)n1. The zero-order valence-electron chi connectivity index (χ0n) is 18.0. The number of anilines is 1. The summed E-state index contributed by atoms with van der Waals surface area (Å²) in [5.74, 6) is -0.0803. The third-order valence-corrected chi connectivity index (χ3v) is 6.28. The first-order valence-corrected chi connectivity index (χ1v) is 11.1. The molecule has 7 nitrogen and oxygen atoms in total. The second-order valence-electron chi connectivity index (χ2n) is 8.51. The molecule has 2 N–H and O–H groups in total. The van der Waals surface area contributed by atoms with Crippen molar-refractivity contribution in [2.75, 3.05) is 31.1 Å². The standard InChI is InChI=1S/C22H25ClF3N5O2/c1-13-10-19(22(24,25)26)29-21(27-13)31-11-17(18(32)12-31)28-16-6-8-30(9-7-16)20(33)14-2-4-15(23)5-3-14/h2-5,10,16-18,28,32H,6-9,11-12H2,1H3/t17?,18-/m1/s1. The second kappa shape index (κ2) is 9.44. The van der Waals surface area contributed by atoms with Crippen LogP contribution >= 0.6 is 11.6 Å². The van der Waals surface area contributed by atoms with E-state index < -0.39 is 18.0 Å². The van der Waals surface area contributed by atoms with Crippen molar-refractivity contribution in [3.8, 4) is 0 Å². The van der Waals surface area contributed by atoms with Gasteiger partial charge in [0.1, 0.15) is 5.69 Å². The molecule has 0 aliphatic carbocycles. The number of carbonyl (C=O) groups is 1. The van der Waals surface area contributed by atoms with Gasteiger partial charge in [0.25, 0.3) is 5.91 Å². The van der Waals surface area contributed by atoms with Gasteiger partial charge in [-0.3, -0.25) is 4.79 Å². The Labute approximate surface area is 194 Å². The fraction of sp³-hybridized carbons (Fsp3) is 0.500. The van der Waals surface area contributed by atoms with Gasteiger partial charge in [0.05, 0.1) is 12.1 Å². The van der Waals surface area contributed by atoms with Gasteiger partial charge in [0.2, 0.25) is 5.95 Å². The van der Waals surface area contributed by atoms with E-state index in [0.717, 1.165) is 6.07 Å². The fourth-order valence-electron chi connectivity index (χ4n) is 4.28. The molecule has 4 rings (SSSR count). The minimum atomic E-state index is -4.56. The lowest BCUT2D eigenvalue weighted by molar-refractivity contribution is -0.141. The third kappa shape index (κ3) is 5.56. The highest BCUT2D eigenvalue weighted by molar-refractivity contribution is 6.30. The zero-order chi connectivity index (χ0) is 23.8. The first kappa shape index (κ1) is 23.7. The molecular formula is C22H25ClF3N5O2. The summed E-state index contributed by atoms with van der Waals surface area (Å²) in [7, 11) is 0. The van der Waals surface area contributed by atoms with Gasteiger partial charge in [-0.25, -0.2) is 9.97 Å². The quantitative estimate of drug-likeness (QED) is 0.696. The Morgan fingerprint density at radius 2 is 1.82 bits per heavy atom. The third-order valence-electron chi connectivity index (χ3n) is 6.03. The van der Waals surface area contributed by atoms with E-state index in [1.54, 1.807) is 34.1 Å². The summed E-state index contributed by atoms with van der Waals surface area (Å²) in [6.07, 6.45) is -3.91. The Hall–Kier alpha value is -2.43. The number of alkyl halides is 3. The molecule has 0 spiro atoms. The molecule has 0 saturated carbocycles. The predicted octanol–water partition coefficient (Wildman–Crippen LogP) is 2.90. The van der Waals surface area contributed by atoms with Crippen LogP contribution < -0.4 is 10.2 Å². The number of carbonyl (C=O) groups excluding carboxylic acids is 1. The summed E-state index contributed by atoms with van der Waals surface area (Å²) in [4.78, 5) is 23.8. The Morgan fingerprint density at radius 1 is 1.15 bits per heavy atom. The first-order valence-electron chi connectivity index (χ1n) is 10.8. The number of aliphatic hydroxyl groups is 1. The molecule has 178 valence electrons. The summed E-state index contributed by atoms with van der Waals surface area (Å²) in [6.45, 7) is 3.07. The lowest BCUT2D eigenvalue weighted by Crippen LogP contribution is -2.50. The number of piperidine rings is 1. The minimum Gasteiger partial charge on any atom is -0.390 e. The molecule has 1 amide bonds. The number of benzene rings is 1. The zero-order valence-corrected chi connectivity index (χ0v) is 18.8. The smallest absolute Gasteiger partial charge is 0.390 e. The highest BCUT2D eigenvalue weighted by atomic mass is 35.5. The topological polar surface area (TPSA) is 81.6 Å². The van der Waals surface area contributed by atoms with E-state index in [1.165, 1.54) is 6.92 Å². The Balaban J connectivity index is 1.33. The molecule has 2 atom stereocenters. The van der Waals surface area contributed by atoms with E-state index in [1.807, 2.05) is 0 Å². The van der Waals surface area contributed by atoms with E-state index in [2.05, 4.69) is 15.3 Å². The van der Waals surface area contributed by atoms with Crippen molar-refractivity contribution >= 4 is 23.5 Å². The van der Waals surface area contributed by atoms with Crippen LogP contribution in [0, 0.1) is 6.92 Å². The van der Waals surface area contributed by atoms with E-state index in [9.17, 15) is 23.1 Å². The monoisotopic (exact) mass is 483 g/mol. The number of aliphatic hydroxyl groups excluding tert-OH is 1. The summed E-state index contributed by atoms with van der Waals surface area (Å²) in [6, 6.07) is 7.45. The molecule has 1 unspecified atom stereocenters. The van der Waals surface area contributed by atoms with E-state index in [4.69, 9.17) is 11.6 Å². The number of aryl methyl sites for hydroxylation is 1. The number of aromatic nitrogens is 2. The van der Waals surface area contributed by atoms with Gasteiger partial charge >= 0.3 is 6.18 Å². The van der Waals surface area contributed by atoms with Crippen LogP contribution in [-0.4, -0.2) is 70.2 Å². The lowest BCUT2D eigenvalue weighted by Gasteiger charge is -2.34. The fourth-order valence-corrected chi connectivity index (χ4v) is 4.41. The van der Waals surface area contributed by atoms with Gasteiger partial charge in [-0.1, -0.05) is 11.6 Å². The summed E-state index contributed by atoms with van der Waals surface area (Å²) in [5.41, 5.74) is -0.186. The number of likely N-dealkylation sites (tertiary alicyclic amines) is 1. The number of amides is 1. The minimum absolute atomic E-state index is 0.0333. The summed E-state index contributed by atoms with van der Waals surface area (Å²) < 4.78 is 39.3. The molecule has 2 saturated heterocycles. The number of rotatable bonds is 4. The van der Waals surface area contributed by atoms with E-state index in [-0.39, 0.29) is 36.2 Å². The molecule has 11 heteroatoms. The van der Waals surface area contributed by atoms with Crippen molar-refractivity contribution in [1.82, 2.24) is 20.2 Å². The van der Waals surface area contributed by atoms with Crippen molar-refractivity contribution in [3.05, 3.63) is 52.3 Å². The normalized spacial score (nSPS) is 22.1. The largest absolute Gasteiger partial charge is 0.433 e.